The van der Waals surface area contributed by atoms with Gasteiger partial charge in [0.25, 0.3) is 0 Å². The van der Waals surface area contributed by atoms with Gasteiger partial charge in [-0.2, -0.15) is 0 Å². The van der Waals surface area contributed by atoms with Crippen LogP contribution >= 0.6 is 0 Å². The summed E-state index contributed by atoms with van der Waals surface area (Å²) in [6.07, 6.45) is 0.664. The van der Waals surface area contributed by atoms with Gasteiger partial charge in [0.1, 0.15) is 0 Å². The molecule has 23 heavy (non-hydrogen) atoms. The molecule has 130 valence electrons. The number of carbonyl (C=O) groups is 1. The number of hydrogen-bond donors (Lipinski definition) is 3. The molecule has 3 N–H and O–H groups in total. The zero-order valence-corrected chi connectivity index (χ0v) is 15.0. The van der Waals surface area contributed by atoms with E-state index in [0.29, 0.717) is 19.5 Å². The molecule has 0 radical (unpaired) electrons. The van der Waals surface area contributed by atoms with E-state index in [4.69, 9.17) is 5.11 Å². The first kappa shape index (κ1) is 19.5. The molecule has 0 aliphatic rings. The Bertz CT molecular complexity index is 484. The third kappa shape index (κ3) is 7.01. The molecular weight excluding hydrogens is 290 g/mol. The zero-order chi connectivity index (χ0) is 17.5. The summed E-state index contributed by atoms with van der Waals surface area (Å²) in [6, 6.07) is 8.34. The average molecular weight is 321 g/mol. The molecule has 0 aliphatic heterocycles. The molecule has 0 heterocycles. The summed E-state index contributed by atoms with van der Waals surface area (Å²) in [5.74, 6) is 0. The summed E-state index contributed by atoms with van der Waals surface area (Å²) in [7, 11) is 4.02. The monoisotopic (exact) mass is 321 g/mol. The molecule has 0 aromatic heterocycles. The number of carbonyl (C=O) groups excluding carboxylic acids is 1. The highest BCUT2D eigenvalue weighted by Gasteiger charge is 2.19. The van der Waals surface area contributed by atoms with Gasteiger partial charge in [-0.15, -0.1) is 0 Å². The van der Waals surface area contributed by atoms with Crippen LogP contribution in [0.1, 0.15) is 37.4 Å². The molecule has 0 fully saturated rings. The van der Waals surface area contributed by atoms with E-state index >= 15 is 0 Å². The standard InChI is InChI=1S/C18H31N3O2/c1-14-6-8-15(9-7-14)16(21(4)5)12-19-17(23)20-13-18(2,3)10-11-22/h6-9,16,22H,10-13H2,1-5H3,(H2,19,20,23). The fraction of sp³-hybridized carbons (Fsp3) is 0.611. The van der Waals surface area contributed by atoms with Crippen LogP contribution in [-0.2, 0) is 0 Å². The first-order valence-corrected chi connectivity index (χ1v) is 8.11. The highest BCUT2D eigenvalue weighted by molar-refractivity contribution is 5.73. The van der Waals surface area contributed by atoms with E-state index in [9.17, 15) is 4.79 Å². The smallest absolute Gasteiger partial charge is 0.314 e. The Morgan fingerprint density at radius 3 is 2.35 bits per heavy atom. The number of amides is 2. The van der Waals surface area contributed by atoms with Gasteiger partial charge in [-0.1, -0.05) is 43.7 Å². The Hall–Kier alpha value is -1.59. The second-order valence-corrected chi connectivity index (χ2v) is 7.09. The molecule has 1 unspecified atom stereocenters. The van der Waals surface area contributed by atoms with Crippen molar-refractivity contribution in [2.24, 2.45) is 5.41 Å². The van der Waals surface area contributed by atoms with Gasteiger partial charge < -0.3 is 20.6 Å². The normalized spacial score (nSPS) is 13.0. The minimum atomic E-state index is -0.171. The lowest BCUT2D eigenvalue weighted by molar-refractivity contribution is 0.199. The fourth-order valence-corrected chi connectivity index (χ4v) is 2.35. The highest BCUT2D eigenvalue weighted by atomic mass is 16.3. The zero-order valence-electron chi connectivity index (χ0n) is 15.0. The third-order valence-corrected chi connectivity index (χ3v) is 4.06. The lowest BCUT2D eigenvalue weighted by Crippen LogP contribution is -2.43. The third-order valence-electron chi connectivity index (χ3n) is 4.06. The molecule has 0 aliphatic carbocycles. The first-order valence-electron chi connectivity index (χ1n) is 8.11. The maximum absolute atomic E-state index is 12.0. The van der Waals surface area contributed by atoms with Crippen LogP contribution in [0.2, 0.25) is 0 Å². The Balaban J connectivity index is 2.52. The van der Waals surface area contributed by atoms with Crippen LogP contribution in [0.4, 0.5) is 4.79 Å². The topological polar surface area (TPSA) is 64.6 Å². The number of rotatable bonds is 8. The predicted octanol–water partition coefficient (Wildman–Crippen LogP) is 2.31. The summed E-state index contributed by atoms with van der Waals surface area (Å²) in [4.78, 5) is 14.1. The van der Waals surface area contributed by atoms with Gasteiger partial charge in [0.15, 0.2) is 0 Å². The summed E-state index contributed by atoms with van der Waals surface area (Å²) in [5.41, 5.74) is 2.30. The Kier molecular flexibility index (Phi) is 7.52. The van der Waals surface area contributed by atoms with Crippen molar-refractivity contribution in [3.05, 3.63) is 35.4 Å². The van der Waals surface area contributed by atoms with Gasteiger partial charge in [0.2, 0.25) is 0 Å². The summed E-state index contributed by atoms with van der Waals surface area (Å²) >= 11 is 0. The Morgan fingerprint density at radius 1 is 1.22 bits per heavy atom. The van der Waals surface area contributed by atoms with E-state index in [1.807, 2.05) is 27.9 Å². The second-order valence-electron chi connectivity index (χ2n) is 7.09. The van der Waals surface area contributed by atoms with Crippen molar-refractivity contribution in [1.29, 1.82) is 0 Å². The Labute approximate surface area is 140 Å². The van der Waals surface area contributed by atoms with Crippen molar-refractivity contribution in [2.45, 2.75) is 33.2 Å². The maximum Gasteiger partial charge on any atom is 0.314 e. The number of aryl methyl sites for hydroxylation is 1. The van der Waals surface area contributed by atoms with Gasteiger partial charge in [-0.3, -0.25) is 0 Å². The fourth-order valence-electron chi connectivity index (χ4n) is 2.35. The van der Waals surface area contributed by atoms with Gasteiger partial charge in [-0.25, -0.2) is 4.79 Å². The lowest BCUT2D eigenvalue weighted by atomic mass is 9.90. The van der Waals surface area contributed by atoms with Gasteiger partial charge in [0, 0.05) is 19.7 Å². The molecule has 0 saturated carbocycles. The summed E-state index contributed by atoms with van der Waals surface area (Å²) < 4.78 is 0. The van der Waals surface area contributed by atoms with E-state index in [-0.39, 0.29) is 24.1 Å². The molecule has 1 aromatic rings. The molecule has 1 rings (SSSR count). The van der Waals surface area contributed by atoms with E-state index in [0.717, 1.165) is 0 Å². The van der Waals surface area contributed by atoms with E-state index in [1.54, 1.807) is 0 Å². The highest BCUT2D eigenvalue weighted by Crippen LogP contribution is 2.19. The molecule has 5 heteroatoms. The first-order chi connectivity index (χ1) is 10.7. The molecule has 0 saturated heterocycles. The van der Waals surface area contributed by atoms with E-state index < -0.39 is 0 Å². The van der Waals surface area contributed by atoms with Crippen molar-refractivity contribution in [1.82, 2.24) is 15.5 Å². The Morgan fingerprint density at radius 2 is 1.83 bits per heavy atom. The molecule has 5 nitrogen and oxygen atoms in total. The lowest BCUT2D eigenvalue weighted by Gasteiger charge is -2.27. The van der Waals surface area contributed by atoms with Crippen LogP contribution in [0.5, 0.6) is 0 Å². The van der Waals surface area contributed by atoms with E-state index in [1.165, 1.54) is 11.1 Å². The summed E-state index contributed by atoms with van der Waals surface area (Å²) in [5, 5.41) is 14.8. The minimum Gasteiger partial charge on any atom is -0.396 e. The summed E-state index contributed by atoms with van der Waals surface area (Å²) in [6.45, 7) is 7.33. The van der Waals surface area contributed by atoms with E-state index in [2.05, 4.69) is 46.7 Å². The molecule has 1 atom stereocenters. The number of likely N-dealkylation sites (N-methyl/N-ethyl adjacent to an activating group) is 1. The van der Waals surface area contributed by atoms with Crippen LogP contribution in [0, 0.1) is 12.3 Å². The quantitative estimate of drug-likeness (QED) is 0.688. The molecule has 0 bridgehead atoms. The van der Waals surface area contributed by atoms with Gasteiger partial charge in [0.05, 0.1) is 6.04 Å². The number of nitrogens with one attached hydrogen (secondary N) is 2. The van der Waals surface area contributed by atoms with Crippen LogP contribution in [0.3, 0.4) is 0 Å². The maximum atomic E-state index is 12.0. The second kappa shape index (κ2) is 8.89. The average Bonchev–Trinajstić information content (AvgIpc) is 2.47. The molecule has 1 aromatic carbocycles. The van der Waals surface area contributed by atoms with Crippen LogP contribution in [-0.4, -0.2) is 49.8 Å². The van der Waals surface area contributed by atoms with Crippen molar-refractivity contribution in [3.63, 3.8) is 0 Å². The molecular formula is C18H31N3O2. The van der Waals surface area contributed by atoms with Gasteiger partial charge in [-0.05, 0) is 38.4 Å². The number of hydrogen-bond acceptors (Lipinski definition) is 3. The largest absolute Gasteiger partial charge is 0.396 e. The SMILES string of the molecule is Cc1ccc(C(CNC(=O)NCC(C)(C)CCO)N(C)C)cc1. The van der Waals surface area contributed by atoms with Crippen LogP contribution in [0.15, 0.2) is 24.3 Å². The molecule has 0 spiro atoms. The number of nitrogens with zero attached hydrogens (tertiary/aromatic N) is 1. The number of benzene rings is 1. The number of aliphatic hydroxyl groups excluding tert-OH is 1. The molecule has 2 amide bonds. The predicted molar refractivity (Wildman–Crippen MR) is 94.5 cm³/mol. The van der Waals surface area contributed by atoms with Crippen molar-refractivity contribution in [2.75, 3.05) is 33.8 Å². The van der Waals surface area contributed by atoms with Crippen molar-refractivity contribution < 1.29 is 9.90 Å². The van der Waals surface area contributed by atoms with Crippen LogP contribution < -0.4 is 10.6 Å². The van der Waals surface area contributed by atoms with Crippen LogP contribution in [0.25, 0.3) is 0 Å². The number of aliphatic hydroxyl groups is 1. The van der Waals surface area contributed by atoms with Crippen molar-refractivity contribution >= 4 is 6.03 Å². The minimum absolute atomic E-state index is 0.107. The number of urea groups is 1. The van der Waals surface area contributed by atoms with Gasteiger partial charge >= 0.3 is 6.03 Å². The van der Waals surface area contributed by atoms with Crippen molar-refractivity contribution in [3.8, 4) is 0 Å².